The highest BCUT2D eigenvalue weighted by atomic mass is 32.1. The van der Waals surface area contributed by atoms with Crippen molar-refractivity contribution in [3.8, 4) is 0 Å². The Hall–Kier alpha value is 0.310. The summed E-state index contributed by atoms with van der Waals surface area (Å²) in [6.45, 7) is 2.22. The van der Waals surface area contributed by atoms with E-state index in [1.54, 1.807) is 0 Å². The highest BCUT2D eigenvalue weighted by Gasteiger charge is 1.97. The van der Waals surface area contributed by atoms with Gasteiger partial charge in [-0.1, -0.05) is 32.6 Å². The first kappa shape index (κ1) is 10.3. The third-order valence-electron chi connectivity index (χ3n) is 1.66. The molecule has 0 aliphatic carbocycles. The second-order valence-electron chi connectivity index (χ2n) is 2.79. The molecule has 2 heteroatoms. The van der Waals surface area contributed by atoms with Gasteiger partial charge in [0.15, 0.2) is 0 Å². The number of hydrogen-bond donors (Lipinski definition) is 2. The van der Waals surface area contributed by atoms with Gasteiger partial charge in [0.1, 0.15) is 0 Å². The minimum Gasteiger partial charge on any atom is -0.327 e. The molecule has 0 aromatic heterocycles. The van der Waals surface area contributed by atoms with E-state index in [-0.39, 0.29) is 0 Å². The smallest absolute Gasteiger partial charge is 0.0127 e. The molecule has 0 amide bonds. The second kappa shape index (κ2) is 7.42. The van der Waals surface area contributed by atoms with Gasteiger partial charge in [-0.25, -0.2) is 0 Å². The third kappa shape index (κ3) is 6.43. The van der Waals surface area contributed by atoms with Gasteiger partial charge < -0.3 is 5.73 Å². The standard InChI is InChI=1S/C8H19NS/c1-2-3-4-5-6-8(9)7-10/h8,10H,2-7,9H2,1H3. The minimum absolute atomic E-state index is 0.320. The van der Waals surface area contributed by atoms with E-state index in [2.05, 4.69) is 19.6 Å². The number of thiol groups is 1. The van der Waals surface area contributed by atoms with E-state index in [0.717, 1.165) is 12.2 Å². The Morgan fingerprint density at radius 2 is 2.00 bits per heavy atom. The zero-order valence-electron chi connectivity index (χ0n) is 6.84. The minimum atomic E-state index is 0.320. The van der Waals surface area contributed by atoms with Crippen LogP contribution in [0.5, 0.6) is 0 Å². The lowest BCUT2D eigenvalue weighted by Crippen LogP contribution is -2.21. The molecule has 1 atom stereocenters. The van der Waals surface area contributed by atoms with Crippen molar-refractivity contribution in [3.63, 3.8) is 0 Å². The average Bonchev–Trinajstić information content (AvgIpc) is 1.98. The number of unbranched alkanes of at least 4 members (excludes halogenated alkanes) is 3. The van der Waals surface area contributed by atoms with Crippen LogP contribution in [0.4, 0.5) is 0 Å². The van der Waals surface area contributed by atoms with Gasteiger partial charge >= 0.3 is 0 Å². The maximum atomic E-state index is 5.68. The number of rotatable bonds is 6. The zero-order valence-corrected chi connectivity index (χ0v) is 7.74. The Morgan fingerprint density at radius 3 is 2.50 bits per heavy atom. The first-order valence-corrected chi connectivity index (χ1v) is 4.81. The van der Waals surface area contributed by atoms with E-state index >= 15 is 0 Å². The maximum Gasteiger partial charge on any atom is 0.0127 e. The van der Waals surface area contributed by atoms with Crippen LogP contribution in [0.3, 0.4) is 0 Å². The van der Waals surface area contributed by atoms with E-state index in [0.29, 0.717) is 6.04 Å². The average molecular weight is 161 g/mol. The second-order valence-corrected chi connectivity index (χ2v) is 3.16. The molecule has 0 spiro atoms. The van der Waals surface area contributed by atoms with Crippen LogP contribution in [0.25, 0.3) is 0 Å². The lowest BCUT2D eigenvalue weighted by molar-refractivity contribution is 0.580. The summed E-state index contributed by atoms with van der Waals surface area (Å²) < 4.78 is 0. The number of nitrogens with two attached hydrogens (primary N) is 1. The van der Waals surface area contributed by atoms with Gasteiger partial charge in [0, 0.05) is 11.8 Å². The lowest BCUT2D eigenvalue weighted by atomic mass is 10.1. The molecule has 0 radical (unpaired) electrons. The Balaban J connectivity index is 2.89. The van der Waals surface area contributed by atoms with Gasteiger partial charge in [-0.3, -0.25) is 0 Å². The molecule has 0 aromatic rings. The molecule has 1 nitrogen and oxygen atoms in total. The predicted molar refractivity (Wildman–Crippen MR) is 50.6 cm³/mol. The topological polar surface area (TPSA) is 26.0 Å². The molecule has 0 saturated heterocycles. The van der Waals surface area contributed by atoms with Crippen LogP contribution in [0, 0.1) is 0 Å². The summed E-state index contributed by atoms with van der Waals surface area (Å²) in [5, 5.41) is 0. The fourth-order valence-corrected chi connectivity index (χ4v) is 1.11. The van der Waals surface area contributed by atoms with E-state index in [4.69, 9.17) is 5.73 Å². The van der Waals surface area contributed by atoms with Crippen LogP contribution >= 0.6 is 12.6 Å². The predicted octanol–water partition coefficient (Wildman–Crippen LogP) is 2.21. The van der Waals surface area contributed by atoms with Gasteiger partial charge in [-0.05, 0) is 6.42 Å². The van der Waals surface area contributed by atoms with Gasteiger partial charge in [0.05, 0.1) is 0 Å². The fourth-order valence-electron chi connectivity index (χ4n) is 0.925. The molecule has 2 N–H and O–H groups in total. The summed E-state index contributed by atoms with van der Waals surface area (Å²) in [5.41, 5.74) is 5.68. The largest absolute Gasteiger partial charge is 0.327 e. The molecule has 0 aliphatic heterocycles. The van der Waals surface area contributed by atoms with Crippen molar-refractivity contribution in [2.75, 3.05) is 5.75 Å². The summed E-state index contributed by atoms with van der Waals surface area (Å²) in [6.07, 6.45) is 6.40. The van der Waals surface area contributed by atoms with Crippen LogP contribution in [0.2, 0.25) is 0 Å². The van der Waals surface area contributed by atoms with Gasteiger partial charge in [-0.15, -0.1) is 0 Å². The first-order chi connectivity index (χ1) is 4.81. The van der Waals surface area contributed by atoms with Crippen molar-refractivity contribution in [3.05, 3.63) is 0 Å². The molecule has 1 unspecified atom stereocenters. The van der Waals surface area contributed by atoms with Crippen LogP contribution in [0.1, 0.15) is 39.0 Å². The van der Waals surface area contributed by atoms with Crippen LogP contribution in [0.15, 0.2) is 0 Å². The lowest BCUT2D eigenvalue weighted by Gasteiger charge is -2.06. The van der Waals surface area contributed by atoms with Crippen molar-refractivity contribution in [2.24, 2.45) is 5.73 Å². The van der Waals surface area contributed by atoms with Crippen LogP contribution in [-0.2, 0) is 0 Å². The quantitative estimate of drug-likeness (QED) is 0.453. The summed E-state index contributed by atoms with van der Waals surface area (Å²) in [5.74, 6) is 0.826. The Labute approximate surface area is 69.8 Å². The van der Waals surface area contributed by atoms with Crippen LogP contribution < -0.4 is 5.73 Å². The molecular formula is C8H19NS. The highest BCUT2D eigenvalue weighted by Crippen LogP contribution is 2.04. The molecule has 62 valence electrons. The van der Waals surface area contributed by atoms with Crippen molar-refractivity contribution in [1.29, 1.82) is 0 Å². The molecular weight excluding hydrogens is 142 g/mol. The highest BCUT2D eigenvalue weighted by molar-refractivity contribution is 7.80. The van der Waals surface area contributed by atoms with E-state index < -0.39 is 0 Å². The Morgan fingerprint density at radius 1 is 1.30 bits per heavy atom. The summed E-state index contributed by atoms with van der Waals surface area (Å²) >= 11 is 4.12. The maximum absolute atomic E-state index is 5.68. The van der Waals surface area contributed by atoms with Gasteiger partial charge in [0.25, 0.3) is 0 Å². The first-order valence-electron chi connectivity index (χ1n) is 4.17. The molecule has 10 heavy (non-hydrogen) atoms. The Kier molecular flexibility index (Phi) is 7.65. The molecule has 0 bridgehead atoms. The van der Waals surface area contributed by atoms with Crippen molar-refractivity contribution < 1.29 is 0 Å². The normalized spacial score (nSPS) is 13.5. The fraction of sp³-hybridized carbons (Fsp3) is 1.00. The van der Waals surface area contributed by atoms with E-state index in [1.807, 2.05) is 0 Å². The molecule has 0 aromatic carbocycles. The van der Waals surface area contributed by atoms with Gasteiger partial charge in [-0.2, -0.15) is 12.6 Å². The van der Waals surface area contributed by atoms with Gasteiger partial charge in [0.2, 0.25) is 0 Å². The third-order valence-corrected chi connectivity index (χ3v) is 2.13. The van der Waals surface area contributed by atoms with E-state index in [9.17, 15) is 0 Å². The van der Waals surface area contributed by atoms with Crippen LogP contribution in [-0.4, -0.2) is 11.8 Å². The molecule has 0 saturated carbocycles. The molecule has 0 rings (SSSR count). The number of hydrogen-bond acceptors (Lipinski definition) is 2. The summed E-state index contributed by atoms with van der Waals surface area (Å²) in [6, 6.07) is 0.320. The van der Waals surface area contributed by atoms with Crippen molar-refractivity contribution in [1.82, 2.24) is 0 Å². The molecule has 0 fully saturated rings. The Bertz CT molecular complexity index is 66.3. The SMILES string of the molecule is CCCCCCC(N)CS. The van der Waals surface area contributed by atoms with E-state index in [1.165, 1.54) is 25.7 Å². The van der Waals surface area contributed by atoms with Crippen molar-refractivity contribution in [2.45, 2.75) is 45.1 Å². The molecule has 0 heterocycles. The molecule has 0 aliphatic rings. The monoisotopic (exact) mass is 161 g/mol. The summed E-state index contributed by atoms with van der Waals surface area (Å²) in [7, 11) is 0. The zero-order chi connectivity index (χ0) is 7.82. The summed E-state index contributed by atoms with van der Waals surface area (Å²) in [4.78, 5) is 0. The van der Waals surface area contributed by atoms with Crippen molar-refractivity contribution >= 4 is 12.6 Å².